The molecule has 1 atom stereocenters. The van der Waals surface area contributed by atoms with Crippen molar-refractivity contribution in [1.82, 2.24) is 24.4 Å². The van der Waals surface area contributed by atoms with Crippen LogP contribution in [0.2, 0.25) is 0 Å². The molecule has 1 aliphatic heterocycles. The molecule has 1 amide bonds. The van der Waals surface area contributed by atoms with Crippen molar-refractivity contribution in [3.05, 3.63) is 66.0 Å². The van der Waals surface area contributed by atoms with Crippen LogP contribution < -0.4 is 5.32 Å². The number of nitrogens with zero attached hydrogens (tertiary/aromatic N) is 5. The Balaban J connectivity index is 1.44. The molecule has 0 radical (unpaired) electrons. The summed E-state index contributed by atoms with van der Waals surface area (Å²) in [6, 6.07) is 8.02. The fourth-order valence-electron chi connectivity index (χ4n) is 3.28. The normalized spacial score (nSPS) is 16.7. The molecule has 0 spiro atoms. The van der Waals surface area contributed by atoms with Crippen LogP contribution in [0, 0.1) is 13.8 Å². The number of carbonyl (C=O) groups is 1. The first-order valence-electron chi connectivity index (χ1n) is 9.03. The van der Waals surface area contributed by atoms with Crippen molar-refractivity contribution < 1.29 is 4.79 Å². The van der Waals surface area contributed by atoms with Crippen molar-refractivity contribution >= 4 is 11.7 Å². The minimum absolute atomic E-state index is 0.0987. The van der Waals surface area contributed by atoms with Crippen molar-refractivity contribution in [3.8, 4) is 5.82 Å². The van der Waals surface area contributed by atoms with E-state index in [1.165, 1.54) is 5.56 Å². The molecule has 1 saturated heterocycles. The Morgan fingerprint density at radius 1 is 1.19 bits per heavy atom. The number of aromatic nitrogens is 4. The molecule has 0 saturated carbocycles. The van der Waals surface area contributed by atoms with Gasteiger partial charge in [-0.1, -0.05) is 29.8 Å². The van der Waals surface area contributed by atoms with Crippen molar-refractivity contribution in [3.63, 3.8) is 0 Å². The third-order valence-corrected chi connectivity index (χ3v) is 4.81. The number of rotatable bonds is 5. The van der Waals surface area contributed by atoms with E-state index in [1.807, 2.05) is 22.6 Å². The lowest BCUT2D eigenvalue weighted by atomic mass is 10.1. The molecule has 1 aliphatic rings. The van der Waals surface area contributed by atoms with Gasteiger partial charge in [-0.05, 0) is 25.8 Å². The molecule has 27 heavy (non-hydrogen) atoms. The highest BCUT2D eigenvalue weighted by Crippen LogP contribution is 2.19. The van der Waals surface area contributed by atoms with E-state index in [4.69, 9.17) is 0 Å². The predicted octanol–water partition coefficient (Wildman–Crippen LogP) is 2.49. The summed E-state index contributed by atoms with van der Waals surface area (Å²) in [5.41, 5.74) is 2.37. The van der Waals surface area contributed by atoms with E-state index < -0.39 is 0 Å². The zero-order chi connectivity index (χ0) is 18.8. The molecule has 3 heterocycles. The molecule has 1 N–H and O–H groups in total. The fraction of sp³-hybridized carbons (Fsp3) is 0.300. The minimum Gasteiger partial charge on any atom is -0.357 e. The minimum atomic E-state index is -0.274. The van der Waals surface area contributed by atoms with E-state index in [-0.39, 0.29) is 11.9 Å². The van der Waals surface area contributed by atoms with E-state index >= 15 is 0 Å². The first-order chi connectivity index (χ1) is 13.1. The first-order valence-corrected chi connectivity index (χ1v) is 9.03. The molecular weight excluding hydrogens is 340 g/mol. The maximum Gasteiger partial charge on any atom is 0.245 e. The van der Waals surface area contributed by atoms with Crippen LogP contribution in [-0.4, -0.2) is 42.9 Å². The highest BCUT2D eigenvalue weighted by Gasteiger charge is 2.31. The third-order valence-electron chi connectivity index (χ3n) is 4.81. The number of imidazole rings is 1. The average molecular weight is 362 g/mol. The molecule has 1 aromatic carbocycles. The summed E-state index contributed by atoms with van der Waals surface area (Å²) in [6.45, 7) is 5.34. The maximum atomic E-state index is 12.7. The second kappa shape index (κ2) is 7.19. The molecule has 138 valence electrons. The summed E-state index contributed by atoms with van der Waals surface area (Å²) >= 11 is 0. The molecule has 7 nitrogen and oxygen atoms in total. The Labute approximate surface area is 158 Å². The lowest BCUT2D eigenvalue weighted by molar-refractivity contribution is -0.128. The molecule has 0 aliphatic carbocycles. The van der Waals surface area contributed by atoms with E-state index in [0.717, 1.165) is 24.4 Å². The van der Waals surface area contributed by atoms with Crippen LogP contribution in [0.1, 0.15) is 23.4 Å². The van der Waals surface area contributed by atoms with Crippen LogP contribution in [0.25, 0.3) is 5.82 Å². The number of aryl methyl sites for hydroxylation is 2. The topological polar surface area (TPSA) is 75.9 Å². The van der Waals surface area contributed by atoms with Gasteiger partial charge in [0.05, 0.1) is 12.4 Å². The number of benzene rings is 1. The molecule has 3 aromatic rings. The Morgan fingerprint density at radius 2 is 2.00 bits per heavy atom. The molecule has 1 fully saturated rings. The Kier molecular flexibility index (Phi) is 4.58. The van der Waals surface area contributed by atoms with Gasteiger partial charge in [0, 0.05) is 25.5 Å². The summed E-state index contributed by atoms with van der Waals surface area (Å²) in [5, 5.41) is 3.24. The average Bonchev–Trinajstić information content (AvgIpc) is 3.24. The summed E-state index contributed by atoms with van der Waals surface area (Å²) in [4.78, 5) is 27.7. The quantitative estimate of drug-likeness (QED) is 0.755. The zero-order valence-electron chi connectivity index (χ0n) is 15.5. The molecule has 2 aromatic heterocycles. The van der Waals surface area contributed by atoms with Gasteiger partial charge in [0.2, 0.25) is 5.91 Å². The Bertz CT molecular complexity index is 949. The van der Waals surface area contributed by atoms with Gasteiger partial charge in [0.1, 0.15) is 17.7 Å². The van der Waals surface area contributed by atoms with Gasteiger partial charge in [0.15, 0.2) is 5.82 Å². The Hall–Kier alpha value is -3.22. The van der Waals surface area contributed by atoms with E-state index in [0.29, 0.717) is 18.2 Å². The number of nitrogens with one attached hydrogen (secondary N) is 1. The van der Waals surface area contributed by atoms with Gasteiger partial charge in [-0.15, -0.1) is 0 Å². The molecular formula is C20H22N6O. The predicted molar refractivity (Wildman–Crippen MR) is 103 cm³/mol. The monoisotopic (exact) mass is 362 g/mol. The summed E-state index contributed by atoms with van der Waals surface area (Å²) in [7, 11) is 0. The van der Waals surface area contributed by atoms with Crippen molar-refractivity contribution in [2.75, 3.05) is 11.9 Å². The largest absolute Gasteiger partial charge is 0.357 e. The lowest BCUT2D eigenvalue weighted by Gasteiger charge is -2.17. The van der Waals surface area contributed by atoms with Crippen LogP contribution in [0.4, 0.5) is 5.82 Å². The first kappa shape index (κ1) is 17.2. The fourth-order valence-corrected chi connectivity index (χ4v) is 3.28. The van der Waals surface area contributed by atoms with Crippen molar-refractivity contribution in [2.45, 2.75) is 32.9 Å². The molecule has 7 heteroatoms. The highest BCUT2D eigenvalue weighted by molar-refractivity contribution is 5.86. The zero-order valence-corrected chi connectivity index (χ0v) is 15.5. The van der Waals surface area contributed by atoms with Crippen LogP contribution in [0.3, 0.4) is 0 Å². The van der Waals surface area contributed by atoms with Crippen LogP contribution in [0.15, 0.2) is 49.1 Å². The van der Waals surface area contributed by atoms with E-state index in [2.05, 4.69) is 51.5 Å². The van der Waals surface area contributed by atoms with Crippen molar-refractivity contribution in [2.24, 2.45) is 0 Å². The maximum absolute atomic E-state index is 12.7. The second-order valence-electron chi connectivity index (χ2n) is 6.84. The summed E-state index contributed by atoms with van der Waals surface area (Å²) in [6.07, 6.45) is 7.64. The van der Waals surface area contributed by atoms with E-state index in [1.54, 1.807) is 18.6 Å². The second-order valence-corrected chi connectivity index (χ2v) is 6.84. The van der Waals surface area contributed by atoms with Gasteiger partial charge in [-0.3, -0.25) is 14.3 Å². The van der Waals surface area contributed by atoms with Gasteiger partial charge in [0.25, 0.3) is 0 Å². The van der Waals surface area contributed by atoms with Gasteiger partial charge < -0.3 is 10.2 Å². The molecule has 1 unspecified atom stereocenters. The molecule has 4 rings (SSSR count). The third kappa shape index (κ3) is 3.67. The SMILES string of the molecule is Cc1ccc(CN2CCC(Nc3cncc(-n4ccnc4C)n3)C2=O)cc1. The van der Waals surface area contributed by atoms with Crippen LogP contribution >= 0.6 is 0 Å². The number of amides is 1. The van der Waals surface area contributed by atoms with Gasteiger partial charge in [-0.2, -0.15) is 0 Å². The summed E-state index contributed by atoms with van der Waals surface area (Å²) in [5.74, 6) is 2.21. The molecule has 0 bridgehead atoms. The number of carbonyl (C=O) groups excluding carboxylic acids is 1. The number of hydrogen-bond acceptors (Lipinski definition) is 5. The summed E-state index contributed by atoms with van der Waals surface area (Å²) < 4.78 is 1.86. The highest BCUT2D eigenvalue weighted by atomic mass is 16.2. The lowest BCUT2D eigenvalue weighted by Crippen LogP contribution is -2.33. The number of likely N-dealkylation sites (tertiary alicyclic amines) is 1. The number of anilines is 1. The van der Waals surface area contributed by atoms with Gasteiger partial charge >= 0.3 is 0 Å². The van der Waals surface area contributed by atoms with Crippen LogP contribution in [-0.2, 0) is 11.3 Å². The van der Waals surface area contributed by atoms with Crippen molar-refractivity contribution in [1.29, 1.82) is 0 Å². The van der Waals surface area contributed by atoms with E-state index in [9.17, 15) is 4.79 Å². The van der Waals surface area contributed by atoms with Crippen LogP contribution in [0.5, 0.6) is 0 Å². The standard InChI is InChI=1S/C20H22N6O/c1-14-3-5-16(6-4-14)13-25-9-7-17(20(25)27)23-18-11-21-12-19(24-18)26-10-8-22-15(26)2/h3-6,8,10-12,17H,7,9,13H2,1-2H3,(H,23,24). The van der Waals surface area contributed by atoms with Gasteiger partial charge in [-0.25, -0.2) is 9.97 Å². The Morgan fingerprint density at radius 3 is 2.74 bits per heavy atom. The number of hydrogen-bond donors (Lipinski definition) is 1. The smallest absolute Gasteiger partial charge is 0.245 e.